The lowest BCUT2D eigenvalue weighted by molar-refractivity contribution is 0.170. The summed E-state index contributed by atoms with van der Waals surface area (Å²) in [6.07, 6.45) is 0.968. The number of hydrogen-bond donors (Lipinski definition) is 1. The standard InChI is InChI=1S/C14H21Cl2NO/c1-4-17-14(10(2)8-9-18-3)13-11(15)6-5-7-12(13)16/h5-7,10,14,17H,4,8-9H2,1-3H3. The van der Waals surface area contributed by atoms with Gasteiger partial charge in [0.1, 0.15) is 0 Å². The quantitative estimate of drug-likeness (QED) is 0.807. The predicted octanol–water partition coefficient (Wildman–Crippen LogP) is 4.32. The Balaban J connectivity index is 2.96. The molecule has 0 saturated heterocycles. The third-order valence-electron chi connectivity index (χ3n) is 3.08. The maximum absolute atomic E-state index is 6.28. The lowest BCUT2D eigenvalue weighted by Crippen LogP contribution is -2.28. The molecule has 0 aliphatic heterocycles. The Morgan fingerprint density at radius 3 is 2.39 bits per heavy atom. The SMILES string of the molecule is CCNC(c1c(Cl)cccc1Cl)C(C)CCOC. The molecule has 1 rings (SSSR count). The van der Waals surface area contributed by atoms with Crippen LogP contribution in [0.15, 0.2) is 18.2 Å². The third kappa shape index (κ3) is 4.13. The van der Waals surface area contributed by atoms with Crippen LogP contribution in [0.2, 0.25) is 10.0 Å². The first-order valence-corrected chi connectivity index (χ1v) is 7.03. The highest BCUT2D eigenvalue weighted by molar-refractivity contribution is 6.36. The zero-order valence-corrected chi connectivity index (χ0v) is 12.7. The summed E-state index contributed by atoms with van der Waals surface area (Å²) in [7, 11) is 1.72. The molecule has 1 aromatic carbocycles. The normalized spacial score (nSPS) is 14.5. The van der Waals surface area contributed by atoms with Gasteiger partial charge in [-0.15, -0.1) is 0 Å². The Bertz CT molecular complexity index is 351. The Morgan fingerprint density at radius 2 is 1.89 bits per heavy atom. The van der Waals surface area contributed by atoms with Crippen molar-refractivity contribution in [3.05, 3.63) is 33.8 Å². The highest BCUT2D eigenvalue weighted by Crippen LogP contribution is 2.35. The van der Waals surface area contributed by atoms with Crippen LogP contribution in [0.5, 0.6) is 0 Å². The molecule has 0 saturated carbocycles. The molecular formula is C14H21Cl2NO. The van der Waals surface area contributed by atoms with Crippen molar-refractivity contribution in [3.8, 4) is 0 Å². The van der Waals surface area contributed by atoms with Crippen LogP contribution in [0, 0.1) is 5.92 Å². The molecule has 0 bridgehead atoms. The molecule has 2 unspecified atom stereocenters. The molecule has 0 aliphatic carbocycles. The van der Waals surface area contributed by atoms with Crippen LogP contribution in [-0.2, 0) is 4.74 Å². The van der Waals surface area contributed by atoms with Gasteiger partial charge in [-0.05, 0) is 31.0 Å². The minimum atomic E-state index is 0.159. The molecule has 0 heterocycles. The second-order valence-corrected chi connectivity index (χ2v) is 5.24. The van der Waals surface area contributed by atoms with Gasteiger partial charge in [0.15, 0.2) is 0 Å². The first kappa shape index (κ1) is 15.8. The number of nitrogens with one attached hydrogen (secondary N) is 1. The van der Waals surface area contributed by atoms with E-state index in [1.165, 1.54) is 0 Å². The zero-order valence-electron chi connectivity index (χ0n) is 11.2. The Kier molecular flexibility index (Phi) is 7.02. The molecule has 0 aromatic heterocycles. The summed E-state index contributed by atoms with van der Waals surface area (Å²) in [4.78, 5) is 0. The van der Waals surface area contributed by atoms with Crippen molar-refractivity contribution in [1.82, 2.24) is 5.32 Å². The van der Waals surface area contributed by atoms with E-state index in [0.29, 0.717) is 5.92 Å². The topological polar surface area (TPSA) is 21.3 Å². The van der Waals surface area contributed by atoms with Crippen molar-refractivity contribution in [1.29, 1.82) is 0 Å². The Morgan fingerprint density at radius 1 is 1.28 bits per heavy atom. The maximum atomic E-state index is 6.28. The van der Waals surface area contributed by atoms with Crippen LogP contribution in [-0.4, -0.2) is 20.3 Å². The highest BCUT2D eigenvalue weighted by Gasteiger charge is 2.22. The van der Waals surface area contributed by atoms with Gasteiger partial charge < -0.3 is 10.1 Å². The zero-order chi connectivity index (χ0) is 13.5. The van der Waals surface area contributed by atoms with Gasteiger partial charge in [0, 0.05) is 35.4 Å². The molecule has 0 fully saturated rings. The molecule has 2 nitrogen and oxygen atoms in total. The van der Waals surface area contributed by atoms with Crippen molar-refractivity contribution in [2.24, 2.45) is 5.92 Å². The Hall–Kier alpha value is -0.280. The molecule has 0 aliphatic rings. The van der Waals surface area contributed by atoms with E-state index in [1.807, 2.05) is 18.2 Å². The van der Waals surface area contributed by atoms with Crippen LogP contribution in [0.25, 0.3) is 0 Å². The first-order chi connectivity index (χ1) is 8.61. The minimum Gasteiger partial charge on any atom is -0.385 e. The molecule has 102 valence electrons. The van der Waals surface area contributed by atoms with Gasteiger partial charge in [0.25, 0.3) is 0 Å². The number of hydrogen-bond acceptors (Lipinski definition) is 2. The average molecular weight is 290 g/mol. The van der Waals surface area contributed by atoms with E-state index in [0.717, 1.165) is 35.2 Å². The second-order valence-electron chi connectivity index (χ2n) is 4.43. The van der Waals surface area contributed by atoms with E-state index in [-0.39, 0.29) is 6.04 Å². The third-order valence-corrected chi connectivity index (χ3v) is 3.74. The van der Waals surface area contributed by atoms with Gasteiger partial charge in [0.2, 0.25) is 0 Å². The van der Waals surface area contributed by atoms with Gasteiger partial charge >= 0.3 is 0 Å². The summed E-state index contributed by atoms with van der Waals surface area (Å²) in [5, 5.41) is 4.91. The molecule has 18 heavy (non-hydrogen) atoms. The highest BCUT2D eigenvalue weighted by atomic mass is 35.5. The van der Waals surface area contributed by atoms with Crippen molar-refractivity contribution >= 4 is 23.2 Å². The summed E-state index contributed by atoms with van der Waals surface area (Å²) in [5.74, 6) is 0.405. The van der Waals surface area contributed by atoms with Crippen molar-refractivity contribution in [2.75, 3.05) is 20.3 Å². The fourth-order valence-electron chi connectivity index (χ4n) is 2.09. The molecule has 4 heteroatoms. The largest absolute Gasteiger partial charge is 0.385 e. The smallest absolute Gasteiger partial charge is 0.0468 e. The number of benzene rings is 1. The van der Waals surface area contributed by atoms with E-state index in [9.17, 15) is 0 Å². The number of methoxy groups -OCH3 is 1. The molecule has 0 spiro atoms. The van der Waals surface area contributed by atoms with Gasteiger partial charge in [0.05, 0.1) is 0 Å². The predicted molar refractivity (Wildman–Crippen MR) is 78.5 cm³/mol. The Labute approximate surface area is 120 Å². The van der Waals surface area contributed by atoms with Crippen molar-refractivity contribution in [3.63, 3.8) is 0 Å². The van der Waals surface area contributed by atoms with Crippen molar-refractivity contribution in [2.45, 2.75) is 26.3 Å². The van der Waals surface area contributed by atoms with Gasteiger partial charge in [-0.3, -0.25) is 0 Å². The summed E-state index contributed by atoms with van der Waals surface area (Å²) >= 11 is 12.6. The van der Waals surface area contributed by atoms with Crippen LogP contribution >= 0.6 is 23.2 Å². The van der Waals surface area contributed by atoms with Gasteiger partial charge in [-0.2, -0.15) is 0 Å². The van der Waals surface area contributed by atoms with Gasteiger partial charge in [-0.1, -0.05) is 43.1 Å². The van der Waals surface area contributed by atoms with E-state index in [2.05, 4.69) is 19.2 Å². The van der Waals surface area contributed by atoms with E-state index in [4.69, 9.17) is 27.9 Å². The van der Waals surface area contributed by atoms with Crippen LogP contribution < -0.4 is 5.32 Å². The summed E-state index contributed by atoms with van der Waals surface area (Å²) in [6.45, 7) is 5.89. The fourth-order valence-corrected chi connectivity index (χ4v) is 2.72. The minimum absolute atomic E-state index is 0.159. The van der Waals surface area contributed by atoms with E-state index in [1.54, 1.807) is 7.11 Å². The lowest BCUT2D eigenvalue weighted by Gasteiger charge is -2.27. The second kappa shape index (κ2) is 8.00. The molecular weight excluding hydrogens is 269 g/mol. The lowest BCUT2D eigenvalue weighted by atomic mass is 9.92. The van der Waals surface area contributed by atoms with Crippen LogP contribution in [0.3, 0.4) is 0 Å². The summed E-state index contributed by atoms with van der Waals surface area (Å²) < 4.78 is 5.14. The number of halogens is 2. The molecule has 0 radical (unpaired) electrons. The number of ether oxygens (including phenoxy) is 1. The van der Waals surface area contributed by atoms with E-state index >= 15 is 0 Å². The molecule has 1 N–H and O–H groups in total. The number of rotatable bonds is 7. The van der Waals surface area contributed by atoms with Crippen LogP contribution in [0.4, 0.5) is 0 Å². The van der Waals surface area contributed by atoms with Crippen LogP contribution in [0.1, 0.15) is 31.9 Å². The van der Waals surface area contributed by atoms with E-state index < -0.39 is 0 Å². The fraction of sp³-hybridized carbons (Fsp3) is 0.571. The monoisotopic (exact) mass is 289 g/mol. The first-order valence-electron chi connectivity index (χ1n) is 6.28. The summed E-state index contributed by atoms with van der Waals surface area (Å²) in [6, 6.07) is 5.80. The van der Waals surface area contributed by atoms with Crippen molar-refractivity contribution < 1.29 is 4.74 Å². The molecule has 1 aromatic rings. The maximum Gasteiger partial charge on any atom is 0.0468 e. The molecule has 2 atom stereocenters. The summed E-state index contributed by atoms with van der Waals surface area (Å²) in [5.41, 5.74) is 0.992. The van der Waals surface area contributed by atoms with Gasteiger partial charge in [-0.25, -0.2) is 0 Å². The average Bonchev–Trinajstić information content (AvgIpc) is 2.34. The molecule has 0 amide bonds.